The topological polar surface area (TPSA) is 96.0 Å². The van der Waals surface area contributed by atoms with Crippen molar-refractivity contribution in [1.29, 1.82) is 0 Å². The first-order valence-electron chi connectivity index (χ1n) is 14.4. The molecule has 0 aliphatic heterocycles. The number of hydrogen-bond acceptors (Lipinski definition) is 5. The number of carbonyl (C=O) groups excluding carboxylic acids is 2. The first-order chi connectivity index (χ1) is 20.6. The lowest BCUT2D eigenvalue weighted by molar-refractivity contribution is -0.139. The summed E-state index contributed by atoms with van der Waals surface area (Å²) in [5.41, 5.74) is 0.741. The second-order valence-electron chi connectivity index (χ2n) is 10.5. The van der Waals surface area contributed by atoms with Crippen molar-refractivity contribution in [2.24, 2.45) is 0 Å². The summed E-state index contributed by atoms with van der Waals surface area (Å²) in [7, 11) is -4.17. The quantitative estimate of drug-likeness (QED) is 0.244. The minimum Gasteiger partial charge on any atom is -0.494 e. The van der Waals surface area contributed by atoms with Gasteiger partial charge in [0.25, 0.3) is 10.0 Å². The first kappa shape index (κ1) is 32.6. The van der Waals surface area contributed by atoms with Crippen molar-refractivity contribution in [3.8, 4) is 5.75 Å². The van der Waals surface area contributed by atoms with E-state index in [2.05, 4.69) is 5.32 Å². The van der Waals surface area contributed by atoms with Gasteiger partial charge < -0.3 is 15.0 Å². The molecule has 4 rings (SSSR count). The molecule has 1 fully saturated rings. The third-order valence-corrected chi connectivity index (χ3v) is 10.1. The Morgan fingerprint density at radius 3 is 2.16 bits per heavy atom. The van der Waals surface area contributed by atoms with Crippen LogP contribution in [0.1, 0.15) is 51.5 Å². The van der Waals surface area contributed by atoms with Gasteiger partial charge in [0, 0.05) is 28.2 Å². The molecule has 1 aliphatic rings. The van der Waals surface area contributed by atoms with Crippen LogP contribution in [0.4, 0.5) is 5.69 Å². The van der Waals surface area contributed by atoms with E-state index in [1.54, 1.807) is 67.6 Å². The van der Waals surface area contributed by atoms with Crippen molar-refractivity contribution < 1.29 is 22.7 Å². The van der Waals surface area contributed by atoms with E-state index in [-0.39, 0.29) is 29.1 Å². The van der Waals surface area contributed by atoms with Gasteiger partial charge in [-0.2, -0.15) is 0 Å². The number of sulfonamides is 1. The summed E-state index contributed by atoms with van der Waals surface area (Å²) in [6, 6.07) is 18.5. The van der Waals surface area contributed by atoms with Crippen LogP contribution in [0.5, 0.6) is 5.75 Å². The van der Waals surface area contributed by atoms with E-state index in [1.807, 2.05) is 6.92 Å². The van der Waals surface area contributed by atoms with Crippen molar-refractivity contribution in [3.05, 3.63) is 88.4 Å². The maximum atomic E-state index is 14.2. The molecule has 0 radical (unpaired) electrons. The van der Waals surface area contributed by atoms with Crippen molar-refractivity contribution in [2.75, 3.05) is 17.5 Å². The molecule has 11 heteroatoms. The highest BCUT2D eigenvalue weighted by Gasteiger charge is 2.33. The van der Waals surface area contributed by atoms with Gasteiger partial charge in [-0.3, -0.25) is 13.9 Å². The fraction of sp³-hybridized carbons (Fsp3) is 0.375. The molecular weight excluding hydrogens is 609 g/mol. The van der Waals surface area contributed by atoms with Crippen LogP contribution < -0.4 is 14.4 Å². The van der Waals surface area contributed by atoms with E-state index in [1.165, 1.54) is 17.0 Å². The minimum absolute atomic E-state index is 0.0282. The number of carbonyl (C=O) groups is 2. The van der Waals surface area contributed by atoms with Crippen LogP contribution in [0.25, 0.3) is 0 Å². The molecule has 0 bridgehead atoms. The molecule has 1 saturated carbocycles. The van der Waals surface area contributed by atoms with Crippen LogP contribution in [0.15, 0.2) is 77.7 Å². The highest BCUT2D eigenvalue weighted by atomic mass is 35.5. The number of hydrogen-bond donors (Lipinski definition) is 1. The zero-order chi connectivity index (χ0) is 31.0. The number of rotatable bonds is 12. The Labute approximate surface area is 264 Å². The van der Waals surface area contributed by atoms with Gasteiger partial charge in [0.2, 0.25) is 11.8 Å². The standard InChI is InChI=1S/C32H37Cl2N3O5S/c1-3-42-26-19-17-25(18-20-26)37(43(40,41)27-13-8-5-9-14-27)22-31(38)36(21-28-29(33)15-10-16-30(28)34)23(2)32(39)35-24-11-6-4-7-12-24/h5,8-10,13-20,23-24H,3-4,6-7,11-12,21-22H2,1-2H3,(H,35,39)/t23-/m0/s1. The number of nitrogens with zero attached hydrogens (tertiary/aromatic N) is 2. The molecule has 0 heterocycles. The van der Waals surface area contributed by atoms with Gasteiger partial charge in [0.05, 0.1) is 17.2 Å². The summed E-state index contributed by atoms with van der Waals surface area (Å²) in [6.07, 6.45) is 4.96. The van der Waals surface area contributed by atoms with Gasteiger partial charge in [0.15, 0.2) is 0 Å². The van der Waals surface area contributed by atoms with Crippen molar-refractivity contribution in [1.82, 2.24) is 10.2 Å². The summed E-state index contributed by atoms with van der Waals surface area (Å²) < 4.78 is 34.4. The normalized spacial score (nSPS) is 14.5. The lowest BCUT2D eigenvalue weighted by Gasteiger charge is -2.33. The summed E-state index contributed by atoms with van der Waals surface area (Å²) in [6.45, 7) is 3.29. The lowest BCUT2D eigenvalue weighted by atomic mass is 9.95. The Balaban J connectivity index is 1.70. The van der Waals surface area contributed by atoms with Crippen LogP contribution in [-0.2, 0) is 26.2 Å². The Hall–Kier alpha value is -3.27. The van der Waals surface area contributed by atoms with E-state index in [0.717, 1.165) is 36.4 Å². The zero-order valence-electron chi connectivity index (χ0n) is 24.3. The molecular formula is C32H37Cl2N3O5S. The molecule has 1 aliphatic carbocycles. The molecule has 0 aromatic heterocycles. The predicted octanol–water partition coefficient (Wildman–Crippen LogP) is 6.45. The average Bonchev–Trinajstić information content (AvgIpc) is 3.01. The van der Waals surface area contributed by atoms with Gasteiger partial charge in [0.1, 0.15) is 18.3 Å². The molecule has 8 nitrogen and oxygen atoms in total. The SMILES string of the molecule is CCOc1ccc(N(CC(=O)N(Cc2c(Cl)cccc2Cl)[C@@H](C)C(=O)NC2CCCCC2)S(=O)(=O)c2ccccc2)cc1. The van der Waals surface area contributed by atoms with Gasteiger partial charge >= 0.3 is 0 Å². The summed E-state index contributed by atoms with van der Waals surface area (Å²) in [5, 5.41) is 3.76. The molecule has 0 spiro atoms. The molecule has 1 N–H and O–H groups in total. The van der Waals surface area contributed by atoms with Crippen molar-refractivity contribution in [2.45, 2.75) is 69.5 Å². The lowest BCUT2D eigenvalue weighted by Crippen LogP contribution is -2.53. The molecule has 230 valence electrons. The summed E-state index contributed by atoms with van der Waals surface area (Å²) in [5.74, 6) is -0.338. The Kier molecular flexibility index (Phi) is 11.3. The predicted molar refractivity (Wildman–Crippen MR) is 170 cm³/mol. The number of anilines is 1. The highest BCUT2D eigenvalue weighted by Crippen LogP contribution is 2.29. The molecule has 0 unspecified atom stereocenters. The first-order valence-corrected chi connectivity index (χ1v) is 16.6. The number of ether oxygens (including phenoxy) is 1. The van der Waals surface area contributed by atoms with Crippen molar-refractivity contribution >= 4 is 50.7 Å². The van der Waals surface area contributed by atoms with Crippen LogP contribution in [0, 0.1) is 0 Å². The third-order valence-electron chi connectivity index (χ3n) is 7.55. The molecule has 3 aromatic rings. The molecule has 2 amide bonds. The Morgan fingerprint density at radius 1 is 0.930 bits per heavy atom. The summed E-state index contributed by atoms with van der Waals surface area (Å²) >= 11 is 12.9. The highest BCUT2D eigenvalue weighted by molar-refractivity contribution is 7.92. The van der Waals surface area contributed by atoms with E-state index in [9.17, 15) is 18.0 Å². The second kappa shape index (κ2) is 14.9. The molecule has 3 aromatic carbocycles. The smallest absolute Gasteiger partial charge is 0.264 e. The monoisotopic (exact) mass is 645 g/mol. The number of nitrogens with one attached hydrogen (secondary N) is 1. The van der Waals surface area contributed by atoms with Crippen molar-refractivity contribution in [3.63, 3.8) is 0 Å². The van der Waals surface area contributed by atoms with E-state index >= 15 is 0 Å². The maximum absolute atomic E-state index is 14.2. The largest absolute Gasteiger partial charge is 0.494 e. The zero-order valence-corrected chi connectivity index (χ0v) is 26.7. The average molecular weight is 647 g/mol. The van der Waals surface area contributed by atoms with Crippen LogP contribution in [0.3, 0.4) is 0 Å². The Morgan fingerprint density at radius 2 is 1.56 bits per heavy atom. The fourth-order valence-electron chi connectivity index (χ4n) is 5.13. The number of halogens is 2. The van der Waals surface area contributed by atoms with E-state index in [0.29, 0.717) is 28.0 Å². The molecule has 43 heavy (non-hydrogen) atoms. The molecule has 1 atom stereocenters. The number of benzene rings is 3. The van der Waals surface area contributed by atoms with E-state index in [4.69, 9.17) is 27.9 Å². The Bertz CT molecular complexity index is 1480. The van der Waals surface area contributed by atoms with Crippen LogP contribution >= 0.6 is 23.2 Å². The fourth-order valence-corrected chi connectivity index (χ4v) is 7.08. The maximum Gasteiger partial charge on any atom is 0.264 e. The second-order valence-corrected chi connectivity index (χ2v) is 13.2. The van der Waals surface area contributed by atoms with Gasteiger partial charge in [-0.25, -0.2) is 8.42 Å². The third kappa shape index (κ3) is 8.22. The van der Waals surface area contributed by atoms with Crippen LogP contribution in [-0.4, -0.2) is 50.4 Å². The van der Waals surface area contributed by atoms with Crippen LogP contribution in [0.2, 0.25) is 10.0 Å². The molecule has 0 saturated heterocycles. The van der Waals surface area contributed by atoms with E-state index < -0.39 is 28.5 Å². The van der Waals surface area contributed by atoms with Gasteiger partial charge in [-0.05, 0) is 75.2 Å². The number of amides is 2. The minimum atomic E-state index is -4.17. The van der Waals surface area contributed by atoms with Gasteiger partial charge in [-0.1, -0.05) is 66.7 Å². The summed E-state index contributed by atoms with van der Waals surface area (Å²) in [4.78, 5) is 29.0. The van der Waals surface area contributed by atoms with Gasteiger partial charge in [-0.15, -0.1) is 0 Å².